The minimum Gasteiger partial charge on any atom is -0.272 e. The third-order valence-electron chi connectivity index (χ3n) is 2.25. The summed E-state index contributed by atoms with van der Waals surface area (Å²) in [7, 11) is -3.88. The van der Waals surface area contributed by atoms with Crippen LogP contribution in [0.2, 0.25) is 0 Å². The zero-order chi connectivity index (χ0) is 11.6. The highest BCUT2D eigenvalue weighted by Gasteiger charge is 2.35. The summed E-state index contributed by atoms with van der Waals surface area (Å²) in [5, 5.41) is -0.389. The van der Waals surface area contributed by atoms with E-state index in [0.29, 0.717) is 11.5 Å². The summed E-state index contributed by atoms with van der Waals surface area (Å²) in [6.07, 6.45) is 0.377. The van der Waals surface area contributed by atoms with Crippen LogP contribution in [0.1, 0.15) is 33.1 Å². The number of carbonyl (C=O) groups excluding carboxylic acids is 2. The average molecular weight is 235 g/mol. The van der Waals surface area contributed by atoms with Gasteiger partial charge in [0.05, 0.1) is 5.25 Å². The van der Waals surface area contributed by atoms with Crippen molar-refractivity contribution in [2.75, 3.05) is 0 Å². The van der Waals surface area contributed by atoms with E-state index in [4.69, 9.17) is 0 Å². The Hall–Kier alpha value is -0.950. The van der Waals surface area contributed by atoms with Crippen molar-refractivity contribution >= 4 is 21.9 Å². The molecule has 1 heterocycles. The van der Waals surface area contributed by atoms with Gasteiger partial charge in [-0.3, -0.25) is 9.59 Å². The molecule has 0 aliphatic carbocycles. The fourth-order valence-corrected chi connectivity index (χ4v) is 1.95. The summed E-state index contributed by atoms with van der Waals surface area (Å²) in [5.41, 5.74) is 0. The first-order valence-corrected chi connectivity index (χ1v) is 6.14. The van der Waals surface area contributed by atoms with Gasteiger partial charge in [-0.25, -0.2) is 0 Å². The van der Waals surface area contributed by atoms with Crippen molar-refractivity contribution < 1.29 is 22.3 Å². The second-order valence-electron chi connectivity index (χ2n) is 3.37. The van der Waals surface area contributed by atoms with Crippen LogP contribution in [-0.4, -0.2) is 30.5 Å². The van der Waals surface area contributed by atoms with Gasteiger partial charge < -0.3 is 0 Å². The summed E-state index contributed by atoms with van der Waals surface area (Å²) in [6.45, 7) is 3.14. The molecule has 0 aromatic rings. The van der Waals surface area contributed by atoms with Crippen LogP contribution in [0.3, 0.4) is 0 Å². The van der Waals surface area contributed by atoms with E-state index in [1.807, 2.05) is 0 Å². The molecule has 0 aromatic heterocycles. The molecule has 0 bridgehead atoms. The molecule has 1 aliphatic heterocycles. The van der Waals surface area contributed by atoms with Gasteiger partial charge in [0, 0.05) is 12.8 Å². The predicted molar refractivity (Wildman–Crippen MR) is 50.8 cm³/mol. The van der Waals surface area contributed by atoms with Gasteiger partial charge in [-0.05, 0) is 13.3 Å². The molecule has 1 aliphatic rings. The molecule has 0 aromatic carbocycles. The number of imide groups is 1. The first-order chi connectivity index (χ1) is 6.88. The molecule has 0 radical (unpaired) electrons. The SMILES string of the molecule is CCC(C)S(=O)(=O)ON1C(=O)CCC1=O. The Morgan fingerprint density at radius 3 is 2.20 bits per heavy atom. The maximum atomic E-state index is 11.4. The third-order valence-corrected chi connectivity index (χ3v) is 3.93. The molecule has 0 N–H and O–H groups in total. The molecular weight excluding hydrogens is 222 g/mol. The van der Waals surface area contributed by atoms with Crippen molar-refractivity contribution in [2.24, 2.45) is 0 Å². The highest BCUT2D eigenvalue weighted by molar-refractivity contribution is 7.87. The van der Waals surface area contributed by atoms with E-state index < -0.39 is 27.2 Å². The molecule has 1 rings (SSSR count). The monoisotopic (exact) mass is 235 g/mol. The first-order valence-electron chi connectivity index (χ1n) is 4.67. The van der Waals surface area contributed by atoms with Crippen LogP contribution >= 0.6 is 0 Å². The summed E-state index contributed by atoms with van der Waals surface area (Å²) in [5.74, 6) is -1.21. The zero-order valence-electron chi connectivity index (χ0n) is 8.60. The number of hydrogen-bond acceptors (Lipinski definition) is 5. The predicted octanol–water partition coefficient (Wildman–Crippen LogP) is 0.195. The zero-order valence-corrected chi connectivity index (χ0v) is 9.41. The lowest BCUT2D eigenvalue weighted by Gasteiger charge is -2.15. The lowest BCUT2D eigenvalue weighted by molar-refractivity contribution is -0.163. The van der Waals surface area contributed by atoms with E-state index in [1.54, 1.807) is 6.92 Å². The number of hydroxylamine groups is 2. The van der Waals surface area contributed by atoms with Gasteiger partial charge in [0.2, 0.25) is 0 Å². The topological polar surface area (TPSA) is 80.8 Å². The van der Waals surface area contributed by atoms with Crippen LogP contribution in [0.25, 0.3) is 0 Å². The van der Waals surface area contributed by atoms with Crippen molar-refractivity contribution in [1.82, 2.24) is 5.06 Å². The Bertz CT molecular complexity index is 358. The lowest BCUT2D eigenvalue weighted by Crippen LogP contribution is -2.35. The van der Waals surface area contributed by atoms with E-state index in [-0.39, 0.29) is 12.8 Å². The summed E-state index contributed by atoms with van der Waals surface area (Å²) < 4.78 is 27.4. The fourth-order valence-electron chi connectivity index (χ4n) is 1.02. The highest BCUT2D eigenvalue weighted by atomic mass is 32.2. The molecule has 6 nitrogen and oxygen atoms in total. The van der Waals surface area contributed by atoms with Gasteiger partial charge in [-0.15, -0.1) is 9.35 Å². The van der Waals surface area contributed by atoms with E-state index in [1.165, 1.54) is 6.92 Å². The molecular formula is C8H13NO5S. The molecule has 1 atom stereocenters. The van der Waals surface area contributed by atoms with E-state index in [0.717, 1.165) is 0 Å². The molecule has 0 spiro atoms. The van der Waals surface area contributed by atoms with Crippen LogP contribution in [0, 0.1) is 0 Å². The van der Waals surface area contributed by atoms with Gasteiger partial charge in [0.1, 0.15) is 0 Å². The van der Waals surface area contributed by atoms with Crippen molar-refractivity contribution in [3.8, 4) is 0 Å². The molecule has 0 saturated carbocycles. The molecule has 86 valence electrons. The van der Waals surface area contributed by atoms with Crippen LogP contribution in [0.5, 0.6) is 0 Å². The smallest absolute Gasteiger partial charge is 0.272 e. The molecule has 15 heavy (non-hydrogen) atoms. The fraction of sp³-hybridized carbons (Fsp3) is 0.750. The lowest BCUT2D eigenvalue weighted by atomic mass is 10.4. The molecule has 1 saturated heterocycles. The second kappa shape index (κ2) is 4.28. The number of carbonyl (C=O) groups is 2. The van der Waals surface area contributed by atoms with Crippen molar-refractivity contribution in [3.05, 3.63) is 0 Å². The normalized spacial score (nSPS) is 19.7. The minimum absolute atomic E-state index is 0.00879. The quantitative estimate of drug-likeness (QED) is 0.650. The van der Waals surface area contributed by atoms with Crippen LogP contribution in [0.15, 0.2) is 0 Å². The molecule has 1 fully saturated rings. The summed E-state index contributed by atoms with van der Waals surface area (Å²) >= 11 is 0. The number of amides is 2. The maximum absolute atomic E-state index is 11.4. The largest absolute Gasteiger partial charge is 0.291 e. The number of hydrogen-bond donors (Lipinski definition) is 0. The van der Waals surface area contributed by atoms with E-state index in [9.17, 15) is 18.0 Å². The van der Waals surface area contributed by atoms with Crippen LogP contribution < -0.4 is 0 Å². The first kappa shape index (κ1) is 12.1. The Kier molecular flexibility index (Phi) is 3.46. The Morgan fingerprint density at radius 2 is 1.80 bits per heavy atom. The average Bonchev–Trinajstić information content (AvgIpc) is 2.47. The third kappa shape index (κ3) is 2.54. The number of rotatable bonds is 4. The van der Waals surface area contributed by atoms with Crippen LogP contribution in [-0.2, 0) is 24.0 Å². The summed E-state index contributed by atoms with van der Waals surface area (Å²) in [4.78, 5) is 22.2. The highest BCUT2D eigenvalue weighted by Crippen LogP contribution is 2.17. The van der Waals surface area contributed by atoms with Gasteiger partial charge in [0.15, 0.2) is 0 Å². The Labute approximate surface area is 88.3 Å². The van der Waals surface area contributed by atoms with Crippen molar-refractivity contribution in [2.45, 2.75) is 38.4 Å². The van der Waals surface area contributed by atoms with Crippen molar-refractivity contribution in [3.63, 3.8) is 0 Å². The van der Waals surface area contributed by atoms with Crippen LogP contribution in [0.4, 0.5) is 0 Å². The maximum Gasteiger partial charge on any atom is 0.291 e. The van der Waals surface area contributed by atoms with Gasteiger partial charge in [-0.1, -0.05) is 6.92 Å². The molecule has 2 amide bonds. The molecule has 1 unspecified atom stereocenters. The minimum atomic E-state index is -3.88. The summed E-state index contributed by atoms with van der Waals surface area (Å²) in [6, 6.07) is 0. The van der Waals surface area contributed by atoms with Gasteiger partial charge >= 0.3 is 0 Å². The Balaban J connectivity index is 2.77. The number of nitrogens with zero attached hydrogens (tertiary/aromatic N) is 1. The van der Waals surface area contributed by atoms with Gasteiger partial charge in [-0.2, -0.15) is 8.42 Å². The molecule has 7 heteroatoms. The van der Waals surface area contributed by atoms with E-state index >= 15 is 0 Å². The van der Waals surface area contributed by atoms with E-state index in [2.05, 4.69) is 4.28 Å². The Morgan fingerprint density at radius 1 is 1.33 bits per heavy atom. The standard InChI is InChI=1S/C8H13NO5S/c1-3-6(2)15(12,13)14-9-7(10)4-5-8(9)11/h6H,3-5H2,1-2H3. The van der Waals surface area contributed by atoms with Gasteiger partial charge in [0.25, 0.3) is 21.9 Å². The van der Waals surface area contributed by atoms with Crippen molar-refractivity contribution in [1.29, 1.82) is 0 Å². The second-order valence-corrected chi connectivity index (χ2v) is 5.31.